The van der Waals surface area contributed by atoms with E-state index in [1.165, 1.54) is 0 Å². The van der Waals surface area contributed by atoms with E-state index in [1.54, 1.807) is 11.8 Å². The third-order valence-corrected chi connectivity index (χ3v) is 3.43. The van der Waals surface area contributed by atoms with E-state index in [0.29, 0.717) is 0 Å². The maximum atomic E-state index is 5.40. The molecule has 1 aromatic heterocycles. The van der Waals surface area contributed by atoms with Crippen LogP contribution in [-0.4, -0.2) is 33.9 Å². The topological polar surface area (TPSA) is 64.9 Å². The maximum absolute atomic E-state index is 5.40. The van der Waals surface area contributed by atoms with Gasteiger partial charge in [-0.3, -0.25) is 0 Å². The molecule has 1 atom stereocenters. The lowest BCUT2D eigenvalue weighted by Gasteiger charge is -2.13. The molecule has 0 radical (unpaired) electrons. The third kappa shape index (κ3) is 2.19. The summed E-state index contributed by atoms with van der Waals surface area (Å²) in [6.07, 6.45) is 2.22. The van der Waals surface area contributed by atoms with Gasteiger partial charge in [-0.15, -0.1) is 5.10 Å². The lowest BCUT2D eigenvalue weighted by molar-refractivity contribution is 0.410. The third-order valence-electron chi connectivity index (χ3n) is 3.43. The summed E-state index contributed by atoms with van der Waals surface area (Å²) in [7, 11) is 1.66. The summed E-state index contributed by atoms with van der Waals surface area (Å²) in [6, 6.07) is 6.21. The van der Waals surface area contributed by atoms with Crippen molar-refractivity contribution in [3.05, 3.63) is 29.6 Å². The minimum Gasteiger partial charge on any atom is -0.494 e. The molecule has 100 valence electrons. The summed E-state index contributed by atoms with van der Waals surface area (Å²) < 4.78 is 7.18. The number of aromatic nitrogens is 4. The van der Waals surface area contributed by atoms with Crippen LogP contribution in [0.15, 0.2) is 18.2 Å². The second-order valence-electron chi connectivity index (χ2n) is 4.77. The van der Waals surface area contributed by atoms with E-state index >= 15 is 0 Å². The molecule has 1 fully saturated rings. The molecular formula is C13H17N5O. The summed E-state index contributed by atoms with van der Waals surface area (Å²) in [4.78, 5) is 0. The van der Waals surface area contributed by atoms with Crippen molar-refractivity contribution in [2.24, 2.45) is 0 Å². The van der Waals surface area contributed by atoms with Crippen LogP contribution in [0.2, 0.25) is 0 Å². The van der Waals surface area contributed by atoms with Crippen molar-refractivity contribution in [3.63, 3.8) is 0 Å². The zero-order valence-electron chi connectivity index (χ0n) is 11.1. The lowest BCUT2D eigenvalue weighted by atomic mass is 10.2. The largest absolute Gasteiger partial charge is 0.494 e. The van der Waals surface area contributed by atoms with Crippen LogP contribution in [0.1, 0.15) is 30.3 Å². The lowest BCUT2D eigenvalue weighted by Crippen LogP contribution is -2.18. The van der Waals surface area contributed by atoms with Crippen LogP contribution >= 0.6 is 0 Å². The highest BCUT2D eigenvalue weighted by molar-refractivity contribution is 5.48. The molecule has 1 aliphatic rings. The van der Waals surface area contributed by atoms with Gasteiger partial charge in [-0.2, -0.15) is 4.68 Å². The molecule has 6 heteroatoms. The first-order valence-corrected chi connectivity index (χ1v) is 6.46. The summed E-state index contributed by atoms with van der Waals surface area (Å²) in [5, 5.41) is 15.5. The summed E-state index contributed by atoms with van der Waals surface area (Å²) in [5.41, 5.74) is 2.04. The molecule has 1 aliphatic heterocycles. The number of ether oxygens (including phenoxy) is 1. The van der Waals surface area contributed by atoms with Gasteiger partial charge >= 0.3 is 0 Å². The number of hydrogen-bond donors (Lipinski definition) is 1. The van der Waals surface area contributed by atoms with Crippen molar-refractivity contribution < 1.29 is 4.74 Å². The van der Waals surface area contributed by atoms with E-state index in [9.17, 15) is 0 Å². The highest BCUT2D eigenvalue weighted by Crippen LogP contribution is 2.27. The number of methoxy groups -OCH3 is 1. The minimum absolute atomic E-state index is 0.222. The van der Waals surface area contributed by atoms with E-state index in [0.717, 1.165) is 42.2 Å². The Morgan fingerprint density at radius 3 is 3.05 bits per heavy atom. The van der Waals surface area contributed by atoms with Gasteiger partial charge in [0.05, 0.1) is 13.2 Å². The molecule has 0 spiro atoms. The Balaban J connectivity index is 2.07. The molecule has 0 aliphatic carbocycles. The van der Waals surface area contributed by atoms with Gasteiger partial charge in [-0.25, -0.2) is 0 Å². The number of aryl methyl sites for hydroxylation is 1. The fourth-order valence-corrected chi connectivity index (χ4v) is 2.45. The Hall–Kier alpha value is -1.95. The molecule has 1 unspecified atom stereocenters. The van der Waals surface area contributed by atoms with E-state index < -0.39 is 0 Å². The average Bonchev–Trinajstić information content (AvgIpc) is 3.09. The average molecular weight is 259 g/mol. The molecule has 1 N–H and O–H groups in total. The molecule has 3 rings (SSSR count). The Morgan fingerprint density at radius 2 is 2.32 bits per heavy atom. The van der Waals surface area contributed by atoms with Crippen LogP contribution < -0.4 is 10.1 Å². The van der Waals surface area contributed by atoms with E-state index in [-0.39, 0.29) is 6.04 Å². The molecule has 1 aromatic carbocycles. The van der Waals surface area contributed by atoms with Gasteiger partial charge in [0.2, 0.25) is 0 Å². The molecule has 2 heterocycles. The number of benzene rings is 1. The van der Waals surface area contributed by atoms with Crippen LogP contribution in [0, 0.1) is 6.92 Å². The SMILES string of the molecule is COc1ccc(C)cc1-n1nnnc1C1CCCN1. The van der Waals surface area contributed by atoms with Crippen LogP contribution in [-0.2, 0) is 0 Å². The Labute approximate surface area is 111 Å². The van der Waals surface area contributed by atoms with Crippen LogP contribution in [0.5, 0.6) is 5.75 Å². The maximum Gasteiger partial charge on any atom is 0.173 e. The summed E-state index contributed by atoms with van der Waals surface area (Å²) in [5.74, 6) is 1.62. The first-order chi connectivity index (χ1) is 9.29. The van der Waals surface area contributed by atoms with Gasteiger partial charge < -0.3 is 10.1 Å². The van der Waals surface area contributed by atoms with Crippen LogP contribution in [0.3, 0.4) is 0 Å². The summed E-state index contributed by atoms with van der Waals surface area (Å²) in [6.45, 7) is 3.06. The van der Waals surface area contributed by atoms with E-state index in [4.69, 9.17) is 4.74 Å². The van der Waals surface area contributed by atoms with Gasteiger partial charge in [-0.05, 0) is 54.4 Å². The van der Waals surface area contributed by atoms with Gasteiger partial charge in [0, 0.05) is 0 Å². The molecule has 6 nitrogen and oxygen atoms in total. The quantitative estimate of drug-likeness (QED) is 0.902. The number of hydrogen-bond acceptors (Lipinski definition) is 5. The number of nitrogens with one attached hydrogen (secondary N) is 1. The van der Waals surface area contributed by atoms with Crippen molar-refractivity contribution in [3.8, 4) is 11.4 Å². The molecular weight excluding hydrogens is 242 g/mol. The van der Waals surface area contributed by atoms with Crippen molar-refractivity contribution >= 4 is 0 Å². The standard InChI is InChI=1S/C13H17N5O/c1-9-5-6-12(19-2)11(8-9)18-13(15-16-17-18)10-4-3-7-14-10/h5-6,8,10,14H,3-4,7H2,1-2H3. The van der Waals surface area contributed by atoms with Gasteiger partial charge in [0.25, 0.3) is 0 Å². The molecule has 0 saturated carbocycles. The second-order valence-corrected chi connectivity index (χ2v) is 4.77. The highest BCUT2D eigenvalue weighted by Gasteiger charge is 2.24. The molecule has 1 saturated heterocycles. The highest BCUT2D eigenvalue weighted by atomic mass is 16.5. The van der Waals surface area contributed by atoms with Crippen molar-refractivity contribution in [2.75, 3.05) is 13.7 Å². The molecule has 19 heavy (non-hydrogen) atoms. The van der Waals surface area contributed by atoms with Gasteiger partial charge in [-0.1, -0.05) is 6.07 Å². The van der Waals surface area contributed by atoms with Crippen molar-refractivity contribution in [2.45, 2.75) is 25.8 Å². The number of tetrazole rings is 1. The van der Waals surface area contributed by atoms with Gasteiger partial charge in [0.1, 0.15) is 11.4 Å². The fourth-order valence-electron chi connectivity index (χ4n) is 2.45. The number of rotatable bonds is 3. The first kappa shape index (κ1) is 12.1. The normalized spacial score (nSPS) is 18.7. The van der Waals surface area contributed by atoms with Crippen LogP contribution in [0.4, 0.5) is 0 Å². The van der Waals surface area contributed by atoms with Crippen molar-refractivity contribution in [1.29, 1.82) is 0 Å². The van der Waals surface area contributed by atoms with Crippen LogP contribution in [0.25, 0.3) is 5.69 Å². The summed E-state index contributed by atoms with van der Waals surface area (Å²) >= 11 is 0. The second kappa shape index (κ2) is 4.97. The molecule has 0 amide bonds. The smallest absolute Gasteiger partial charge is 0.173 e. The number of nitrogens with zero attached hydrogens (tertiary/aromatic N) is 4. The minimum atomic E-state index is 0.222. The van der Waals surface area contributed by atoms with E-state index in [1.807, 2.05) is 25.1 Å². The zero-order chi connectivity index (χ0) is 13.2. The fraction of sp³-hybridized carbons (Fsp3) is 0.462. The zero-order valence-corrected chi connectivity index (χ0v) is 11.1. The van der Waals surface area contributed by atoms with E-state index in [2.05, 4.69) is 20.8 Å². The predicted octanol–water partition coefficient (Wildman–Crippen LogP) is 1.40. The Kier molecular flexibility index (Phi) is 3.16. The monoisotopic (exact) mass is 259 g/mol. The molecule has 0 bridgehead atoms. The first-order valence-electron chi connectivity index (χ1n) is 6.46. The predicted molar refractivity (Wildman–Crippen MR) is 70.4 cm³/mol. The van der Waals surface area contributed by atoms with Gasteiger partial charge in [0.15, 0.2) is 5.82 Å². The Morgan fingerprint density at radius 1 is 1.42 bits per heavy atom. The molecule has 2 aromatic rings. The van der Waals surface area contributed by atoms with Crippen molar-refractivity contribution in [1.82, 2.24) is 25.5 Å². The Bertz CT molecular complexity index is 574.